The summed E-state index contributed by atoms with van der Waals surface area (Å²) in [6.07, 6.45) is 3.92. The van der Waals surface area contributed by atoms with E-state index in [4.69, 9.17) is 0 Å². The number of likely N-dealkylation sites (tertiary alicyclic amines) is 1. The van der Waals surface area contributed by atoms with E-state index in [1.165, 1.54) is 38.9 Å². The molecule has 0 radical (unpaired) electrons. The number of rotatable bonds is 2. The monoisotopic (exact) mass is 239 g/mol. The predicted molar refractivity (Wildman–Crippen MR) is 73.4 cm³/mol. The summed E-state index contributed by atoms with van der Waals surface area (Å²) in [5, 5.41) is 3.68. The number of hydrogen-bond acceptors (Lipinski definition) is 3. The summed E-state index contributed by atoms with van der Waals surface area (Å²) in [4.78, 5) is 5.24. The van der Waals surface area contributed by atoms with E-state index < -0.39 is 0 Å². The topological polar surface area (TPSA) is 18.5 Å². The lowest BCUT2D eigenvalue weighted by molar-refractivity contribution is 0.0457. The van der Waals surface area contributed by atoms with Gasteiger partial charge in [0.15, 0.2) is 0 Å². The molecule has 0 saturated carbocycles. The first-order chi connectivity index (χ1) is 8.04. The standard InChI is InChI=1S/C14H29N3/c1-5-14(3)11-17(9-7-15-14)13-6-8-16(4)12(2)10-13/h12-13,15H,5-11H2,1-4H3. The second-order valence-corrected chi connectivity index (χ2v) is 6.32. The SMILES string of the molecule is CCC1(C)CN(C2CCN(C)C(C)C2)CCN1. The Morgan fingerprint density at radius 3 is 2.76 bits per heavy atom. The average molecular weight is 239 g/mol. The van der Waals surface area contributed by atoms with Gasteiger partial charge in [-0.2, -0.15) is 0 Å². The van der Waals surface area contributed by atoms with Gasteiger partial charge in [-0.15, -0.1) is 0 Å². The summed E-state index contributed by atoms with van der Waals surface area (Å²) < 4.78 is 0. The van der Waals surface area contributed by atoms with E-state index in [0.717, 1.165) is 18.6 Å². The lowest BCUT2D eigenvalue weighted by Crippen LogP contribution is -2.62. The third kappa shape index (κ3) is 3.01. The molecule has 2 fully saturated rings. The first-order valence-corrected chi connectivity index (χ1v) is 7.23. The zero-order chi connectivity index (χ0) is 12.5. The number of hydrogen-bond donors (Lipinski definition) is 1. The molecule has 3 unspecified atom stereocenters. The van der Waals surface area contributed by atoms with Crippen LogP contribution in [0.1, 0.15) is 40.0 Å². The average Bonchev–Trinajstić information content (AvgIpc) is 2.33. The largest absolute Gasteiger partial charge is 0.309 e. The van der Waals surface area contributed by atoms with E-state index in [0.29, 0.717) is 5.54 Å². The molecule has 3 heteroatoms. The van der Waals surface area contributed by atoms with Crippen LogP contribution in [0.15, 0.2) is 0 Å². The van der Waals surface area contributed by atoms with Gasteiger partial charge >= 0.3 is 0 Å². The van der Waals surface area contributed by atoms with Crippen molar-refractivity contribution in [2.75, 3.05) is 33.2 Å². The van der Waals surface area contributed by atoms with E-state index in [-0.39, 0.29) is 0 Å². The Balaban J connectivity index is 1.94. The van der Waals surface area contributed by atoms with Crippen molar-refractivity contribution in [1.29, 1.82) is 0 Å². The molecule has 0 aromatic heterocycles. The molecule has 2 heterocycles. The van der Waals surface area contributed by atoms with Crippen molar-refractivity contribution in [3.05, 3.63) is 0 Å². The molecule has 2 rings (SSSR count). The van der Waals surface area contributed by atoms with Gasteiger partial charge in [-0.05, 0) is 46.7 Å². The maximum atomic E-state index is 3.68. The Bertz CT molecular complexity index is 256. The Morgan fingerprint density at radius 1 is 1.35 bits per heavy atom. The summed E-state index contributed by atoms with van der Waals surface area (Å²) >= 11 is 0. The van der Waals surface area contributed by atoms with Crippen molar-refractivity contribution < 1.29 is 0 Å². The molecule has 3 atom stereocenters. The van der Waals surface area contributed by atoms with Gasteiger partial charge in [0.25, 0.3) is 0 Å². The predicted octanol–water partition coefficient (Wildman–Crippen LogP) is 1.54. The highest BCUT2D eigenvalue weighted by atomic mass is 15.3. The molecular formula is C14H29N3. The van der Waals surface area contributed by atoms with Crippen molar-refractivity contribution in [2.24, 2.45) is 0 Å². The van der Waals surface area contributed by atoms with E-state index in [9.17, 15) is 0 Å². The van der Waals surface area contributed by atoms with Crippen molar-refractivity contribution in [3.63, 3.8) is 0 Å². The molecule has 0 aromatic rings. The van der Waals surface area contributed by atoms with Crippen LogP contribution in [0.25, 0.3) is 0 Å². The highest BCUT2D eigenvalue weighted by Gasteiger charge is 2.34. The fourth-order valence-corrected chi connectivity index (χ4v) is 3.23. The fraction of sp³-hybridized carbons (Fsp3) is 1.00. The van der Waals surface area contributed by atoms with Crippen LogP contribution in [0.2, 0.25) is 0 Å². The van der Waals surface area contributed by atoms with Crippen molar-refractivity contribution in [3.8, 4) is 0 Å². The van der Waals surface area contributed by atoms with Crippen LogP contribution in [0.4, 0.5) is 0 Å². The van der Waals surface area contributed by atoms with Gasteiger partial charge in [0, 0.05) is 37.3 Å². The quantitative estimate of drug-likeness (QED) is 0.788. The summed E-state index contributed by atoms with van der Waals surface area (Å²) in [5.74, 6) is 0. The minimum Gasteiger partial charge on any atom is -0.309 e. The van der Waals surface area contributed by atoms with Gasteiger partial charge in [-0.1, -0.05) is 6.92 Å². The first-order valence-electron chi connectivity index (χ1n) is 7.23. The molecule has 0 spiro atoms. The minimum atomic E-state index is 0.338. The summed E-state index contributed by atoms with van der Waals surface area (Å²) in [6.45, 7) is 11.9. The van der Waals surface area contributed by atoms with Crippen LogP contribution >= 0.6 is 0 Å². The van der Waals surface area contributed by atoms with Gasteiger partial charge in [0.1, 0.15) is 0 Å². The van der Waals surface area contributed by atoms with E-state index >= 15 is 0 Å². The first kappa shape index (κ1) is 13.3. The minimum absolute atomic E-state index is 0.338. The molecule has 0 bridgehead atoms. The van der Waals surface area contributed by atoms with Crippen LogP contribution in [-0.4, -0.2) is 60.6 Å². The number of piperazine rings is 1. The molecule has 3 nitrogen and oxygen atoms in total. The van der Waals surface area contributed by atoms with Crippen LogP contribution in [0, 0.1) is 0 Å². The zero-order valence-electron chi connectivity index (χ0n) is 12.0. The number of piperidine rings is 1. The van der Waals surface area contributed by atoms with Crippen molar-refractivity contribution >= 4 is 0 Å². The van der Waals surface area contributed by atoms with Crippen molar-refractivity contribution in [1.82, 2.24) is 15.1 Å². The maximum absolute atomic E-state index is 3.68. The molecule has 2 aliphatic rings. The lowest BCUT2D eigenvalue weighted by Gasteiger charge is -2.47. The summed E-state index contributed by atoms with van der Waals surface area (Å²) in [5.41, 5.74) is 0.338. The van der Waals surface area contributed by atoms with E-state index in [1.807, 2.05) is 0 Å². The lowest BCUT2D eigenvalue weighted by atomic mass is 9.91. The molecule has 2 aliphatic heterocycles. The maximum Gasteiger partial charge on any atom is 0.0278 e. The fourth-order valence-electron chi connectivity index (χ4n) is 3.23. The smallest absolute Gasteiger partial charge is 0.0278 e. The number of nitrogens with zero attached hydrogens (tertiary/aromatic N) is 2. The second-order valence-electron chi connectivity index (χ2n) is 6.32. The van der Waals surface area contributed by atoms with Crippen molar-refractivity contribution in [2.45, 2.75) is 57.7 Å². The molecule has 2 saturated heterocycles. The zero-order valence-corrected chi connectivity index (χ0v) is 12.0. The molecule has 1 N–H and O–H groups in total. The van der Waals surface area contributed by atoms with Crippen LogP contribution in [0.3, 0.4) is 0 Å². The second kappa shape index (κ2) is 5.25. The summed E-state index contributed by atoms with van der Waals surface area (Å²) in [6, 6.07) is 1.56. The Labute approximate surface area is 107 Å². The Kier molecular flexibility index (Phi) is 4.11. The van der Waals surface area contributed by atoms with Crippen LogP contribution in [-0.2, 0) is 0 Å². The third-order valence-corrected chi connectivity index (χ3v) is 4.98. The normalized spacial score (nSPS) is 41.6. The van der Waals surface area contributed by atoms with Crippen LogP contribution < -0.4 is 5.32 Å². The van der Waals surface area contributed by atoms with E-state index in [1.54, 1.807) is 0 Å². The molecule has 0 aliphatic carbocycles. The van der Waals surface area contributed by atoms with Gasteiger partial charge in [-0.25, -0.2) is 0 Å². The highest BCUT2D eigenvalue weighted by molar-refractivity contribution is 4.94. The van der Waals surface area contributed by atoms with E-state index in [2.05, 4.69) is 42.9 Å². The molecule has 0 aromatic carbocycles. The van der Waals surface area contributed by atoms with Gasteiger partial charge < -0.3 is 10.2 Å². The number of nitrogens with one attached hydrogen (secondary N) is 1. The van der Waals surface area contributed by atoms with Crippen LogP contribution in [0.5, 0.6) is 0 Å². The summed E-state index contributed by atoms with van der Waals surface area (Å²) in [7, 11) is 2.26. The molecule has 100 valence electrons. The highest BCUT2D eigenvalue weighted by Crippen LogP contribution is 2.24. The molecule has 0 amide bonds. The Hall–Kier alpha value is -0.120. The molecule has 17 heavy (non-hydrogen) atoms. The van der Waals surface area contributed by atoms with Gasteiger partial charge in [-0.3, -0.25) is 4.90 Å². The van der Waals surface area contributed by atoms with Gasteiger partial charge in [0.05, 0.1) is 0 Å². The molecular weight excluding hydrogens is 210 g/mol. The van der Waals surface area contributed by atoms with Gasteiger partial charge in [0.2, 0.25) is 0 Å². The Morgan fingerprint density at radius 2 is 2.12 bits per heavy atom. The third-order valence-electron chi connectivity index (χ3n) is 4.98.